The van der Waals surface area contributed by atoms with Gasteiger partial charge in [0.15, 0.2) is 9.84 Å². The third-order valence-corrected chi connectivity index (χ3v) is 7.58. The molecular formula is C19H25N3O4S2. The second-order valence-corrected chi connectivity index (χ2v) is 9.80. The van der Waals surface area contributed by atoms with Crippen molar-refractivity contribution >= 4 is 33.0 Å². The van der Waals surface area contributed by atoms with Crippen LogP contribution in [0, 0.1) is 0 Å². The fraction of sp³-hybridized carbons (Fsp3) is 0.368. The summed E-state index contributed by atoms with van der Waals surface area (Å²) in [7, 11) is 0.150. The van der Waals surface area contributed by atoms with E-state index in [-0.39, 0.29) is 10.8 Å². The number of hydrogen-bond donors (Lipinski definition) is 2. The Hall–Kier alpha value is -2.23. The summed E-state index contributed by atoms with van der Waals surface area (Å²) in [6.45, 7) is 0.977. The van der Waals surface area contributed by atoms with E-state index < -0.39 is 26.9 Å². The molecule has 152 valence electrons. The highest BCUT2D eigenvalue weighted by molar-refractivity contribution is 7.93. The van der Waals surface area contributed by atoms with Gasteiger partial charge in [-0.3, -0.25) is 9.59 Å². The standard InChI is InChI=1S/C19H25N3O4S2/c1-22(2)12-7-11-20-18(23)19(24)21-14-16(15-8-4-3-5-9-15)28(25,26)17-10-6-13-27-17/h3-6,8-10,13,16H,7,11-12,14H2,1-2H3,(H,20,23)(H,21,24)/t16-/m0/s1. The molecule has 2 rings (SSSR count). The highest BCUT2D eigenvalue weighted by Gasteiger charge is 2.31. The van der Waals surface area contributed by atoms with Crippen molar-refractivity contribution in [3.63, 3.8) is 0 Å². The molecule has 0 saturated heterocycles. The van der Waals surface area contributed by atoms with Crippen LogP contribution >= 0.6 is 11.3 Å². The lowest BCUT2D eigenvalue weighted by Crippen LogP contribution is -2.42. The highest BCUT2D eigenvalue weighted by atomic mass is 32.2. The summed E-state index contributed by atoms with van der Waals surface area (Å²) >= 11 is 1.13. The molecule has 0 aliphatic rings. The molecule has 2 N–H and O–H groups in total. The van der Waals surface area contributed by atoms with Crippen LogP contribution < -0.4 is 10.6 Å². The summed E-state index contributed by atoms with van der Waals surface area (Å²) in [6, 6.07) is 11.9. The van der Waals surface area contributed by atoms with Crippen LogP contribution in [0.3, 0.4) is 0 Å². The van der Waals surface area contributed by atoms with Crippen molar-refractivity contribution in [3.8, 4) is 0 Å². The van der Waals surface area contributed by atoms with Gasteiger partial charge in [-0.2, -0.15) is 0 Å². The van der Waals surface area contributed by atoms with Crippen LogP contribution in [-0.4, -0.2) is 58.9 Å². The molecule has 0 unspecified atom stereocenters. The van der Waals surface area contributed by atoms with Crippen molar-refractivity contribution in [1.82, 2.24) is 15.5 Å². The van der Waals surface area contributed by atoms with E-state index in [4.69, 9.17) is 0 Å². The molecule has 1 atom stereocenters. The molecule has 0 bridgehead atoms. The fourth-order valence-electron chi connectivity index (χ4n) is 2.58. The molecule has 1 aromatic carbocycles. The van der Waals surface area contributed by atoms with Gasteiger partial charge in [0.1, 0.15) is 9.46 Å². The zero-order valence-electron chi connectivity index (χ0n) is 15.9. The first-order chi connectivity index (χ1) is 13.3. The average Bonchev–Trinajstić information content (AvgIpc) is 3.21. The fourth-order valence-corrected chi connectivity index (χ4v) is 5.45. The smallest absolute Gasteiger partial charge is 0.309 e. The number of sulfone groups is 1. The summed E-state index contributed by atoms with van der Waals surface area (Å²) < 4.78 is 26.2. The molecule has 0 aliphatic carbocycles. The van der Waals surface area contributed by atoms with Crippen LogP contribution in [0.15, 0.2) is 52.1 Å². The van der Waals surface area contributed by atoms with Crippen LogP contribution in [0.2, 0.25) is 0 Å². The Morgan fingerprint density at radius 2 is 1.71 bits per heavy atom. The normalized spacial score (nSPS) is 12.5. The van der Waals surface area contributed by atoms with Gasteiger partial charge in [0.25, 0.3) is 0 Å². The van der Waals surface area contributed by atoms with Crippen molar-refractivity contribution in [2.75, 3.05) is 33.7 Å². The van der Waals surface area contributed by atoms with Crippen molar-refractivity contribution in [2.45, 2.75) is 15.9 Å². The second-order valence-electron chi connectivity index (χ2n) is 6.50. The van der Waals surface area contributed by atoms with E-state index in [0.717, 1.165) is 17.9 Å². The minimum atomic E-state index is -3.70. The molecule has 1 heterocycles. The SMILES string of the molecule is CN(C)CCCNC(=O)C(=O)NC[C@@H](c1ccccc1)S(=O)(=O)c1cccs1. The molecule has 0 aliphatic heterocycles. The lowest BCUT2D eigenvalue weighted by atomic mass is 10.1. The molecule has 9 heteroatoms. The number of amides is 2. The number of benzene rings is 1. The molecule has 1 aromatic heterocycles. The lowest BCUT2D eigenvalue weighted by Gasteiger charge is -2.18. The van der Waals surface area contributed by atoms with Gasteiger partial charge < -0.3 is 15.5 Å². The third kappa shape index (κ3) is 6.15. The maximum atomic E-state index is 13.0. The number of carbonyl (C=O) groups excluding carboxylic acids is 2. The van der Waals surface area contributed by atoms with Crippen LogP contribution in [0.5, 0.6) is 0 Å². The number of carbonyl (C=O) groups is 2. The van der Waals surface area contributed by atoms with E-state index in [1.165, 1.54) is 6.07 Å². The van der Waals surface area contributed by atoms with Crippen molar-refractivity contribution in [1.29, 1.82) is 0 Å². The first-order valence-corrected chi connectivity index (χ1v) is 11.3. The molecule has 0 saturated carbocycles. The molecule has 0 radical (unpaired) electrons. The Bertz CT molecular complexity index is 866. The van der Waals surface area contributed by atoms with Gasteiger partial charge in [0, 0.05) is 13.1 Å². The van der Waals surface area contributed by atoms with Crippen molar-refractivity contribution in [2.24, 2.45) is 0 Å². The highest BCUT2D eigenvalue weighted by Crippen LogP contribution is 2.30. The van der Waals surface area contributed by atoms with E-state index in [9.17, 15) is 18.0 Å². The summed E-state index contributed by atoms with van der Waals surface area (Å²) in [6.07, 6.45) is 0.714. The first kappa shape index (κ1) is 22.1. The third-order valence-electron chi connectivity index (χ3n) is 4.04. The maximum absolute atomic E-state index is 13.0. The van der Waals surface area contributed by atoms with Crippen molar-refractivity contribution in [3.05, 3.63) is 53.4 Å². The van der Waals surface area contributed by atoms with Gasteiger partial charge in [0.2, 0.25) is 0 Å². The Balaban J connectivity index is 2.04. The summed E-state index contributed by atoms with van der Waals surface area (Å²) in [5, 5.41) is 5.72. The molecular weight excluding hydrogens is 398 g/mol. The Morgan fingerprint density at radius 1 is 1.04 bits per heavy atom. The number of nitrogens with zero attached hydrogens (tertiary/aromatic N) is 1. The molecule has 28 heavy (non-hydrogen) atoms. The number of thiophene rings is 1. The van der Waals surface area contributed by atoms with Crippen LogP contribution in [0.1, 0.15) is 17.2 Å². The monoisotopic (exact) mass is 423 g/mol. The van der Waals surface area contributed by atoms with Crippen LogP contribution in [0.4, 0.5) is 0 Å². The lowest BCUT2D eigenvalue weighted by molar-refractivity contribution is -0.139. The summed E-state index contributed by atoms with van der Waals surface area (Å²) in [5.74, 6) is -1.61. The molecule has 2 aromatic rings. The predicted molar refractivity (Wildman–Crippen MR) is 110 cm³/mol. The predicted octanol–water partition coefficient (Wildman–Crippen LogP) is 1.45. The van der Waals surface area contributed by atoms with E-state index in [0.29, 0.717) is 18.5 Å². The van der Waals surface area contributed by atoms with Gasteiger partial charge >= 0.3 is 11.8 Å². The quantitative estimate of drug-likeness (QED) is 0.470. The Morgan fingerprint density at radius 3 is 2.32 bits per heavy atom. The van der Waals surface area contributed by atoms with E-state index in [2.05, 4.69) is 10.6 Å². The van der Waals surface area contributed by atoms with Gasteiger partial charge in [-0.15, -0.1) is 11.3 Å². The maximum Gasteiger partial charge on any atom is 0.309 e. The molecule has 0 spiro atoms. The first-order valence-electron chi connectivity index (χ1n) is 8.85. The largest absolute Gasteiger partial charge is 0.348 e. The topological polar surface area (TPSA) is 95.6 Å². The zero-order valence-corrected chi connectivity index (χ0v) is 17.6. The van der Waals surface area contributed by atoms with Crippen LogP contribution in [-0.2, 0) is 19.4 Å². The number of rotatable bonds is 9. The Labute approximate surface area is 169 Å². The van der Waals surface area contributed by atoms with Gasteiger partial charge in [-0.25, -0.2) is 8.42 Å². The minimum absolute atomic E-state index is 0.186. The van der Waals surface area contributed by atoms with E-state index in [1.54, 1.807) is 41.8 Å². The number of nitrogens with one attached hydrogen (secondary N) is 2. The average molecular weight is 424 g/mol. The minimum Gasteiger partial charge on any atom is -0.348 e. The van der Waals surface area contributed by atoms with Crippen molar-refractivity contribution < 1.29 is 18.0 Å². The van der Waals surface area contributed by atoms with E-state index in [1.807, 2.05) is 19.0 Å². The van der Waals surface area contributed by atoms with Crippen LogP contribution in [0.25, 0.3) is 0 Å². The van der Waals surface area contributed by atoms with E-state index >= 15 is 0 Å². The second kappa shape index (κ2) is 10.4. The molecule has 0 fully saturated rings. The Kier molecular flexibility index (Phi) is 8.16. The molecule has 7 nitrogen and oxygen atoms in total. The van der Waals surface area contributed by atoms with Gasteiger partial charge in [-0.1, -0.05) is 36.4 Å². The zero-order chi connectivity index (χ0) is 20.6. The summed E-state index contributed by atoms with van der Waals surface area (Å²) in [4.78, 5) is 26.0. The molecule has 2 amide bonds. The summed E-state index contributed by atoms with van der Waals surface area (Å²) in [5.41, 5.74) is 0.558. The number of hydrogen-bond acceptors (Lipinski definition) is 6. The van der Waals surface area contributed by atoms with Gasteiger partial charge in [-0.05, 0) is 44.1 Å². The van der Waals surface area contributed by atoms with Gasteiger partial charge in [0.05, 0.1) is 0 Å².